The van der Waals surface area contributed by atoms with Crippen LogP contribution in [0.1, 0.15) is 40.5 Å². The van der Waals surface area contributed by atoms with Crippen molar-refractivity contribution in [2.45, 2.75) is 25.2 Å². The molecule has 0 amide bonds. The molecule has 4 rings (SSSR count). The van der Waals surface area contributed by atoms with Crippen molar-refractivity contribution in [1.29, 1.82) is 5.26 Å². The zero-order chi connectivity index (χ0) is 18.5. The highest BCUT2D eigenvalue weighted by atomic mass is 16.4. The molecule has 2 aromatic rings. The summed E-state index contributed by atoms with van der Waals surface area (Å²) in [5, 5.41) is 26.2. The summed E-state index contributed by atoms with van der Waals surface area (Å²) in [6.45, 7) is 1.86. The second-order valence-electron chi connectivity index (χ2n) is 6.99. The third-order valence-corrected chi connectivity index (χ3v) is 5.80. The Morgan fingerprint density at radius 2 is 2.27 bits per heavy atom. The standard InChI is InChI=1S/C20H17N3O3/c1-11-16-6-5-13-10-22-23-18(13)20(16,8-14(9-21)17(11)24)15-4-2-3-12(7-15)19(25)26/h2-4,7-8,10-11,16H,5-6H2,1H3,(H,22,23)(H,25,26)/t11-,16+,20-/m0/s1. The Morgan fingerprint density at radius 3 is 3.00 bits per heavy atom. The molecule has 0 aliphatic heterocycles. The van der Waals surface area contributed by atoms with Crippen LogP contribution in [0.4, 0.5) is 0 Å². The number of fused-ring (bicyclic) bond motifs is 3. The average molecular weight is 347 g/mol. The molecule has 2 aliphatic rings. The highest BCUT2D eigenvalue weighted by Crippen LogP contribution is 2.53. The molecule has 2 aliphatic carbocycles. The lowest BCUT2D eigenvalue weighted by Gasteiger charge is -2.47. The van der Waals surface area contributed by atoms with Crippen LogP contribution in [0, 0.1) is 23.2 Å². The molecule has 130 valence electrons. The monoisotopic (exact) mass is 347 g/mol. The van der Waals surface area contributed by atoms with E-state index >= 15 is 0 Å². The van der Waals surface area contributed by atoms with E-state index < -0.39 is 11.4 Å². The van der Waals surface area contributed by atoms with Crippen molar-refractivity contribution in [3.8, 4) is 6.07 Å². The number of hydrogen-bond donors (Lipinski definition) is 2. The summed E-state index contributed by atoms with van der Waals surface area (Å²) in [5.41, 5.74) is 2.20. The van der Waals surface area contributed by atoms with Crippen molar-refractivity contribution >= 4 is 11.8 Å². The second-order valence-corrected chi connectivity index (χ2v) is 6.99. The summed E-state index contributed by atoms with van der Waals surface area (Å²) in [7, 11) is 0. The van der Waals surface area contributed by atoms with Crippen molar-refractivity contribution in [3.63, 3.8) is 0 Å². The molecule has 1 aromatic heterocycles. The van der Waals surface area contributed by atoms with Crippen molar-refractivity contribution in [3.05, 3.63) is 64.5 Å². The molecule has 26 heavy (non-hydrogen) atoms. The molecule has 1 aromatic carbocycles. The quantitative estimate of drug-likeness (QED) is 0.868. The Bertz CT molecular complexity index is 998. The number of carboxylic acid groups (broad SMARTS) is 1. The minimum absolute atomic E-state index is 0.0657. The van der Waals surface area contributed by atoms with Gasteiger partial charge in [0.2, 0.25) is 0 Å². The summed E-state index contributed by atoms with van der Waals surface area (Å²) in [4.78, 5) is 24.1. The largest absolute Gasteiger partial charge is 0.478 e. The van der Waals surface area contributed by atoms with Crippen LogP contribution in [0.5, 0.6) is 0 Å². The van der Waals surface area contributed by atoms with E-state index in [9.17, 15) is 20.0 Å². The first kappa shape index (κ1) is 16.3. The summed E-state index contributed by atoms with van der Waals surface area (Å²) in [5.74, 6) is -1.56. The number of carbonyl (C=O) groups is 2. The maximum absolute atomic E-state index is 12.6. The summed E-state index contributed by atoms with van der Waals surface area (Å²) >= 11 is 0. The number of nitrogens with one attached hydrogen (secondary N) is 1. The molecule has 6 nitrogen and oxygen atoms in total. The zero-order valence-corrected chi connectivity index (χ0v) is 14.2. The van der Waals surface area contributed by atoms with Gasteiger partial charge in [-0.05, 0) is 48.1 Å². The van der Waals surface area contributed by atoms with Gasteiger partial charge < -0.3 is 5.11 Å². The average Bonchev–Trinajstić information content (AvgIpc) is 3.14. The van der Waals surface area contributed by atoms with E-state index in [0.717, 1.165) is 29.7 Å². The number of rotatable bonds is 2. The molecule has 0 saturated carbocycles. The summed E-state index contributed by atoms with van der Waals surface area (Å²) < 4.78 is 0. The first-order valence-electron chi connectivity index (χ1n) is 8.52. The minimum atomic E-state index is -1.01. The van der Waals surface area contributed by atoms with Crippen LogP contribution in [-0.2, 0) is 16.6 Å². The molecule has 1 heterocycles. The lowest BCUT2D eigenvalue weighted by atomic mass is 9.54. The van der Waals surface area contributed by atoms with E-state index in [1.807, 2.05) is 19.1 Å². The van der Waals surface area contributed by atoms with Gasteiger partial charge in [-0.2, -0.15) is 10.4 Å². The number of carbonyl (C=O) groups excluding carboxylic acids is 1. The van der Waals surface area contributed by atoms with Gasteiger partial charge in [0.1, 0.15) is 6.07 Å². The third kappa shape index (κ3) is 2.07. The number of aryl methyl sites for hydroxylation is 1. The van der Waals surface area contributed by atoms with E-state index in [-0.39, 0.29) is 28.8 Å². The molecule has 3 atom stereocenters. The Morgan fingerprint density at radius 1 is 1.46 bits per heavy atom. The number of nitrogens with zero attached hydrogens (tertiary/aromatic N) is 2. The minimum Gasteiger partial charge on any atom is -0.478 e. The molecule has 0 bridgehead atoms. The Labute approximate surface area is 150 Å². The molecular formula is C20H17N3O3. The summed E-state index contributed by atoms with van der Waals surface area (Å²) in [6, 6.07) is 8.78. The van der Waals surface area contributed by atoms with Crippen LogP contribution in [-0.4, -0.2) is 27.1 Å². The van der Waals surface area contributed by atoms with Gasteiger partial charge in [0.15, 0.2) is 5.78 Å². The predicted octanol–water partition coefficient (Wildman–Crippen LogP) is 2.63. The zero-order valence-electron chi connectivity index (χ0n) is 14.2. The van der Waals surface area contributed by atoms with Crippen molar-refractivity contribution in [2.24, 2.45) is 11.8 Å². The number of hydrogen-bond acceptors (Lipinski definition) is 4. The highest BCUT2D eigenvalue weighted by Gasteiger charge is 2.52. The van der Waals surface area contributed by atoms with Crippen molar-refractivity contribution < 1.29 is 14.7 Å². The number of ketones is 1. The normalized spacial score (nSPS) is 27.1. The number of benzene rings is 1. The van der Waals surface area contributed by atoms with Gasteiger partial charge in [-0.15, -0.1) is 0 Å². The highest BCUT2D eigenvalue weighted by molar-refractivity contribution is 6.02. The third-order valence-electron chi connectivity index (χ3n) is 5.80. The second kappa shape index (κ2) is 5.67. The number of Topliss-reactive ketones (excluding diaryl/α,β-unsaturated/α-hetero) is 1. The topological polar surface area (TPSA) is 107 Å². The Hall–Kier alpha value is -3.20. The number of nitriles is 1. The molecule has 0 saturated heterocycles. The number of aromatic amines is 1. The fraction of sp³-hybridized carbons (Fsp3) is 0.300. The predicted molar refractivity (Wildman–Crippen MR) is 92.4 cm³/mol. The molecule has 0 spiro atoms. The molecule has 0 fully saturated rings. The van der Waals surface area contributed by atoms with Crippen LogP contribution < -0.4 is 0 Å². The lowest BCUT2D eigenvalue weighted by molar-refractivity contribution is -0.121. The van der Waals surface area contributed by atoms with Crippen LogP contribution in [0.25, 0.3) is 0 Å². The smallest absolute Gasteiger partial charge is 0.335 e. The van der Waals surface area contributed by atoms with Crippen molar-refractivity contribution in [1.82, 2.24) is 10.2 Å². The first-order valence-corrected chi connectivity index (χ1v) is 8.52. The van der Waals surface area contributed by atoms with E-state index in [1.54, 1.807) is 30.5 Å². The first-order chi connectivity index (χ1) is 12.5. The fourth-order valence-electron chi connectivity index (χ4n) is 4.57. The van der Waals surface area contributed by atoms with E-state index in [0.29, 0.717) is 0 Å². The SMILES string of the molecule is C[C@@H]1C(=O)C(C#N)=C[C@@]2(c3cccc(C(=O)O)c3)c3[nH]ncc3CC[C@H]12. The van der Waals surface area contributed by atoms with Crippen molar-refractivity contribution in [2.75, 3.05) is 0 Å². The van der Waals surface area contributed by atoms with Gasteiger partial charge in [0.25, 0.3) is 0 Å². The van der Waals surface area contributed by atoms with E-state index in [1.165, 1.54) is 0 Å². The molecular weight excluding hydrogens is 330 g/mol. The van der Waals surface area contributed by atoms with E-state index in [2.05, 4.69) is 10.2 Å². The van der Waals surface area contributed by atoms with E-state index in [4.69, 9.17) is 0 Å². The van der Waals surface area contributed by atoms with Crippen LogP contribution in [0.2, 0.25) is 0 Å². The van der Waals surface area contributed by atoms with Gasteiger partial charge in [-0.25, -0.2) is 4.79 Å². The molecule has 0 unspecified atom stereocenters. The molecule has 0 radical (unpaired) electrons. The number of aromatic carboxylic acids is 1. The fourth-order valence-corrected chi connectivity index (χ4v) is 4.57. The Balaban J connectivity index is 2.07. The number of aromatic nitrogens is 2. The number of H-pyrrole nitrogens is 1. The Kier molecular flexibility index (Phi) is 3.55. The molecule has 6 heteroatoms. The molecule has 2 N–H and O–H groups in total. The summed E-state index contributed by atoms with van der Waals surface area (Å²) in [6.07, 6.45) is 5.06. The van der Waals surface area contributed by atoms with Gasteiger partial charge in [-0.3, -0.25) is 9.89 Å². The van der Waals surface area contributed by atoms with Gasteiger partial charge >= 0.3 is 5.97 Å². The van der Waals surface area contributed by atoms with Gasteiger partial charge in [-0.1, -0.05) is 19.1 Å². The number of carboxylic acids is 1. The van der Waals surface area contributed by atoms with Gasteiger partial charge in [0.05, 0.1) is 28.4 Å². The maximum atomic E-state index is 12.6. The van der Waals surface area contributed by atoms with Crippen LogP contribution in [0.15, 0.2) is 42.1 Å². The van der Waals surface area contributed by atoms with Crippen LogP contribution >= 0.6 is 0 Å². The maximum Gasteiger partial charge on any atom is 0.335 e. The van der Waals surface area contributed by atoms with Crippen LogP contribution in [0.3, 0.4) is 0 Å². The van der Waals surface area contributed by atoms with Gasteiger partial charge in [0, 0.05) is 5.92 Å². The lowest BCUT2D eigenvalue weighted by Crippen LogP contribution is -2.48. The number of allylic oxidation sites excluding steroid dienone is 2.